The largest absolute Gasteiger partial charge is 0.328 e. The number of rotatable bonds is 6. The van der Waals surface area contributed by atoms with Crippen molar-refractivity contribution in [3.05, 3.63) is 60.8 Å². The number of aromatic nitrogens is 6. The van der Waals surface area contributed by atoms with Gasteiger partial charge >= 0.3 is 0 Å². The molecule has 0 spiro atoms. The number of imidazole rings is 1. The molecule has 11 heteroatoms. The van der Waals surface area contributed by atoms with Crippen LogP contribution in [0.4, 0.5) is 16.5 Å². The van der Waals surface area contributed by atoms with Gasteiger partial charge in [-0.25, -0.2) is 9.97 Å². The molecule has 1 aromatic carbocycles. The first-order valence-electron chi connectivity index (χ1n) is 9.68. The van der Waals surface area contributed by atoms with Crippen LogP contribution in [0.2, 0.25) is 0 Å². The predicted molar refractivity (Wildman–Crippen MR) is 126 cm³/mol. The van der Waals surface area contributed by atoms with Gasteiger partial charge < -0.3 is 10.6 Å². The van der Waals surface area contributed by atoms with E-state index >= 15 is 0 Å². The molecule has 0 aliphatic carbocycles. The van der Waals surface area contributed by atoms with Gasteiger partial charge in [0, 0.05) is 35.5 Å². The van der Waals surface area contributed by atoms with E-state index < -0.39 is 0 Å². The van der Waals surface area contributed by atoms with Crippen LogP contribution in [0, 0.1) is 6.92 Å². The Bertz CT molecular complexity index is 1390. The number of H-pyrrole nitrogens is 1. The third kappa shape index (κ3) is 4.20. The molecule has 0 aliphatic heterocycles. The molecule has 9 nitrogen and oxygen atoms in total. The molecule has 160 valence electrons. The first kappa shape index (κ1) is 20.2. The Morgan fingerprint density at radius 3 is 2.75 bits per heavy atom. The summed E-state index contributed by atoms with van der Waals surface area (Å²) in [5, 5.41) is 14.7. The van der Waals surface area contributed by atoms with E-state index in [1.807, 2.05) is 60.2 Å². The second-order valence-electron chi connectivity index (χ2n) is 7.02. The predicted octanol–water partition coefficient (Wildman–Crippen LogP) is 4.74. The zero-order chi connectivity index (χ0) is 22.1. The second kappa shape index (κ2) is 8.44. The van der Waals surface area contributed by atoms with Gasteiger partial charge in [-0.3, -0.25) is 14.3 Å². The quantitative estimate of drug-likeness (QED) is 0.334. The van der Waals surface area contributed by atoms with Gasteiger partial charge in [0.2, 0.25) is 5.91 Å². The summed E-state index contributed by atoms with van der Waals surface area (Å²) >= 11 is 2.90. The van der Waals surface area contributed by atoms with Crippen molar-refractivity contribution in [3.63, 3.8) is 0 Å². The lowest BCUT2D eigenvalue weighted by Crippen LogP contribution is -2.05. The maximum Gasteiger partial charge on any atom is 0.221 e. The minimum atomic E-state index is -0.0987. The van der Waals surface area contributed by atoms with Crippen LogP contribution >= 0.6 is 23.3 Å². The Hall–Kier alpha value is -3.70. The van der Waals surface area contributed by atoms with Crippen molar-refractivity contribution in [2.45, 2.75) is 23.8 Å². The Kier molecular flexibility index (Phi) is 5.33. The number of nitrogens with one attached hydrogen (secondary N) is 3. The maximum absolute atomic E-state index is 11.3. The van der Waals surface area contributed by atoms with Crippen LogP contribution in [0.5, 0.6) is 0 Å². The monoisotopic (exact) mass is 462 g/mol. The number of aryl methyl sites for hydroxylation is 1. The third-order valence-electron chi connectivity index (χ3n) is 4.53. The normalized spacial score (nSPS) is 11.1. The fourth-order valence-electron chi connectivity index (χ4n) is 3.17. The highest BCUT2D eigenvalue weighted by Crippen LogP contribution is 2.33. The molecule has 4 aromatic heterocycles. The number of amides is 1. The Morgan fingerprint density at radius 1 is 1.22 bits per heavy atom. The second-order valence-corrected chi connectivity index (χ2v) is 8.92. The number of nitrogens with zero attached hydrogens (tertiary/aromatic N) is 5. The van der Waals surface area contributed by atoms with Crippen molar-refractivity contribution in [1.82, 2.24) is 28.9 Å². The van der Waals surface area contributed by atoms with E-state index in [9.17, 15) is 4.79 Å². The molecule has 3 N–H and O–H groups in total. The fraction of sp³-hybridized carbons (Fsp3) is 0.0952. The average molecular weight is 463 g/mol. The van der Waals surface area contributed by atoms with Crippen molar-refractivity contribution in [3.8, 4) is 11.3 Å². The molecule has 32 heavy (non-hydrogen) atoms. The summed E-state index contributed by atoms with van der Waals surface area (Å²) in [4.78, 5) is 21.7. The summed E-state index contributed by atoms with van der Waals surface area (Å²) in [5.41, 5.74) is 4.24. The Balaban J connectivity index is 1.54. The summed E-state index contributed by atoms with van der Waals surface area (Å²) < 4.78 is 6.34. The molecule has 1 amide bonds. The smallest absolute Gasteiger partial charge is 0.221 e. The Morgan fingerprint density at radius 2 is 2.06 bits per heavy atom. The van der Waals surface area contributed by atoms with Crippen LogP contribution in [-0.4, -0.2) is 34.8 Å². The molecule has 0 saturated heterocycles. The van der Waals surface area contributed by atoms with Crippen LogP contribution in [0.1, 0.15) is 12.6 Å². The van der Waals surface area contributed by atoms with E-state index in [-0.39, 0.29) is 5.91 Å². The van der Waals surface area contributed by atoms with Gasteiger partial charge in [-0.15, -0.1) is 0 Å². The molecule has 0 atom stereocenters. The molecule has 0 bridgehead atoms. The third-order valence-corrected chi connectivity index (χ3v) is 6.24. The number of anilines is 3. The van der Waals surface area contributed by atoms with Crippen LogP contribution in [0.3, 0.4) is 0 Å². The minimum Gasteiger partial charge on any atom is -0.328 e. The standard InChI is InChI=1S/C21H18N8OS2/c1-12-7-18(32-28-12)26-20-21-22-10-17(14-8-23-24-9-14)29(21)11-19(27-20)31-16-5-3-15(4-6-16)25-13(2)30/h3-11H,1-2H3,(H,23,24)(H,25,30)(H,26,27). The van der Waals surface area contributed by atoms with Crippen molar-refractivity contribution < 1.29 is 4.79 Å². The molecule has 0 radical (unpaired) electrons. The zero-order valence-electron chi connectivity index (χ0n) is 17.2. The van der Waals surface area contributed by atoms with E-state index in [4.69, 9.17) is 4.98 Å². The van der Waals surface area contributed by atoms with Gasteiger partial charge in [0.1, 0.15) is 10.0 Å². The molecular formula is C21H18N8OS2. The number of aromatic amines is 1. The fourth-order valence-corrected chi connectivity index (χ4v) is 4.64. The summed E-state index contributed by atoms with van der Waals surface area (Å²) in [6, 6.07) is 9.62. The highest BCUT2D eigenvalue weighted by atomic mass is 32.2. The molecule has 0 fully saturated rings. The first-order valence-corrected chi connectivity index (χ1v) is 11.3. The molecular weight excluding hydrogens is 444 g/mol. The number of carbonyl (C=O) groups is 1. The number of benzene rings is 1. The molecule has 5 aromatic rings. The van der Waals surface area contributed by atoms with Crippen molar-refractivity contribution >= 4 is 51.4 Å². The van der Waals surface area contributed by atoms with Crippen LogP contribution in [-0.2, 0) is 4.79 Å². The molecule has 0 saturated carbocycles. The number of hydrogen-bond donors (Lipinski definition) is 3. The topological polar surface area (TPSA) is 113 Å². The van der Waals surface area contributed by atoms with Crippen molar-refractivity contribution in [2.24, 2.45) is 0 Å². The number of fused-ring (bicyclic) bond motifs is 1. The highest BCUT2D eigenvalue weighted by Gasteiger charge is 2.15. The minimum absolute atomic E-state index is 0.0987. The lowest BCUT2D eigenvalue weighted by Gasteiger charge is -2.10. The van der Waals surface area contributed by atoms with Gasteiger partial charge in [0.25, 0.3) is 0 Å². The van der Waals surface area contributed by atoms with E-state index in [0.717, 1.165) is 37.6 Å². The maximum atomic E-state index is 11.3. The van der Waals surface area contributed by atoms with Gasteiger partial charge in [-0.05, 0) is 48.8 Å². The van der Waals surface area contributed by atoms with Gasteiger partial charge in [0.05, 0.1) is 23.8 Å². The highest BCUT2D eigenvalue weighted by molar-refractivity contribution is 7.99. The number of hydrogen-bond acceptors (Lipinski definition) is 8. The van der Waals surface area contributed by atoms with Crippen LogP contribution in [0.25, 0.3) is 16.9 Å². The molecule has 0 unspecified atom stereocenters. The SMILES string of the molecule is CC(=O)Nc1ccc(Sc2cn3c(-c4cn[nH]c4)cnc3c(Nc3cc(C)ns3)n2)cc1. The Labute approximate surface area is 191 Å². The van der Waals surface area contributed by atoms with Gasteiger partial charge in [-0.2, -0.15) is 9.47 Å². The lowest BCUT2D eigenvalue weighted by atomic mass is 10.3. The van der Waals surface area contributed by atoms with Crippen LogP contribution in [0.15, 0.2) is 65.0 Å². The first-order chi connectivity index (χ1) is 15.5. The zero-order valence-corrected chi connectivity index (χ0v) is 18.8. The molecule has 4 heterocycles. The summed E-state index contributed by atoms with van der Waals surface area (Å²) in [5.74, 6) is 0.543. The lowest BCUT2D eigenvalue weighted by molar-refractivity contribution is -0.114. The summed E-state index contributed by atoms with van der Waals surface area (Å²) in [6.45, 7) is 3.44. The van der Waals surface area contributed by atoms with E-state index in [2.05, 4.69) is 30.2 Å². The van der Waals surface area contributed by atoms with E-state index in [1.54, 1.807) is 6.20 Å². The summed E-state index contributed by atoms with van der Waals surface area (Å²) in [6.07, 6.45) is 7.36. The molecule has 0 aliphatic rings. The van der Waals surface area contributed by atoms with E-state index in [0.29, 0.717) is 11.5 Å². The number of carbonyl (C=O) groups excluding carboxylic acids is 1. The van der Waals surface area contributed by atoms with Crippen molar-refractivity contribution in [1.29, 1.82) is 0 Å². The summed E-state index contributed by atoms with van der Waals surface area (Å²) in [7, 11) is 0. The van der Waals surface area contributed by atoms with Gasteiger partial charge in [-0.1, -0.05) is 11.8 Å². The molecule has 5 rings (SSSR count). The van der Waals surface area contributed by atoms with E-state index in [1.165, 1.54) is 30.2 Å². The van der Waals surface area contributed by atoms with Gasteiger partial charge in [0.15, 0.2) is 11.5 Å². The van der Waals surface area contributed by atoms with Crippen molar-refractivity contribution in [2.75, 3.05) is 10.6 Å². The van der Waals surface area contributed by atoms with Crippen LogP contribution < -0.4 is 10.6 Å². The average Bonchev–Trinajstić information content (AvgIpc) is 3.50.